The molecule has 0 radical (unpaired) electrons. The van der Waals surface area contributed by atoms with Crippen molar-refractivity contribution in [3.8, 4) is 0 Å². The quantitative estimate of drug-likeness (QED) is 0.189. The maximum atomic E-state index is 11.0. The van der Waals surface area contributed by atoms with E-state index in [0.29, 0.717) is 0 Å². The molecule has 0 amide bonds. The molecular formula is C24H58O3Si4. The average molecular weight is 507 g/mol. The minimum absolute atomic E-state index is 0.556. The average Bonchev–Trinajstić information content (AvgIpc) is 2.55. The fraction of sp³-hybridized carbons (Fsp3) is 1.00. The summed E-state index contributed by atoms with van der Waals surface area (Å²) in [6, 6.07) is 4.87. The van der Waals surface area contributed by atoms with E-state index in [4.69, 9.17) is 8.23 Å². The second-order valence-electron chi connectivity index (χ2n) is 12.7. The summed E-state index contributed by atoms with van der Waals surface area (Å²) in [4.78, 5) is 0. The summed E-state index contributed by atoms with van der Waals surface area (Å²) in [5.41, 5.74) is -0.556. The number of unbranched alkanes of at least 4 members (excludes halogenated alkanes) is 2. The maximum absolute atomic E-state index is 11.0. The molecular weight excluding hydrogens is 449 g/mol. The van der Waals surface area contributed by atoms with E-state index in [1.54, 1.807) is 0 Å². The Hall–Kier alpha value is 0.748. The second-order valence-corrected chi connectivity index (χ2v) is 30.4. The zero-order valence-corrected chi connectivity index (χ0v) is 27.2. The molecule has 1 N–H and O–H groups in total. The SMILES string of the molecule is CCCC[Si](C)(C)O[Si](C)(C)CCCC(C)(O)CCC[Si](C)(C)O[Si](C)(C)CCCC. The van der Waals surface area contributed by atoms with Crippen molar-refractivity contribution in [3.63, 3.8) is 0 Å². The fourth-order valence-corrected chi connectivity index (χ4v) is 22.9. The first-order chi connectivity index (χ1) is 13.9. The first-order valence-corrected chi connectivity index (χ1v) is 25.5. The van der Waals surface area contributed by atoms with Gasteiger partial charge in [-0.25, -0.2) is 0 Å². The van der Waals surface area contributed by atoms with Crippen LogP contribution in [0.5, 0.6) is 0 Å². The molecule has 0 bridgehead atoms. The fourth-order valence-electron chi connectivity index (χ4n) is 4.82. The Labute approximate surface area is 200 Å². The Kier molecular flexibility index (Phi) is 13.9. The number of hydrogen-bond donors (Lipinski definition) is 1. The van der Waals surface area contributed by atoms with Crippen LogP contribution in [-0.2, 0) is 8.23 Å². The molecule has 188 valence electrons. The highest BCUT2D eigenvalue weighted by Crippen LogP contribution is 2.30. The van der Waals surface area contributed by atoms with Crippen LogP contribution in [-0.4, -0.2) is 44.0 Å². The van der Waals surface area contributed by atoms with Crippen LogP contribution < -0.4 is 0 Å². The third-order valence-electron chi connectivity index (χ3n) is 6.36. The van der Waals surface area contributed by atoms with E-state index in [-0.39, 0.29) is 0 Å². The Morgan fingerprint density at radius 3 is 1.06 bits per heavy atom. The zero-order chi connectivity index (χ0) is 24.4. The molecule has 0 spiro atoms. The summed E-state index contributed by atoms with van der Waals surface area (Å²) in [6.07, 6.45) is 9.05. The molecule has 7 heteroatoms. The van der Waals surface area contributed by atoms with Gasteiger partial charge in [0.15, 0.2) is 33.3 Å². The molecule has 0 aliphatic heterocycles. The van der Waals surface area contributed by atoms with Crippen LogP contribution in [0.15, 0.2) is 0 Å². The first kappa shape index (κ1) is 31.7. The van der Waals surface area contributed by atoms with Gasteiger partial charge in [-0.15, -0.1) is 0 Å². The van der Waals surface area contributed by atoms with Crippen molar-refractivity contribution in [2.24, 2.45) is 0 Å². The summed E-state index contributed by atoms with van der Waals surface area (Å²) >= 11 is 0. The summed E-state index contributed by atoms with van der Waals surface area (Å²) in [7, 11) is -6.36. The van der Waals surface area contributed by atoms with Gasteiger partial charge in [-0.2, -0.15) is 0 Å². The lowest BCUT2D eigenvalue weighted by atomic mass is 9.95. The monoisotopic (exact) mass is 506 g/mol. The van der Waals surface area contributed by atoms with Gasteiger partial charge in [0.2, 0.25) is 0 Å². The van der Waals surface area contributed by atoms with E-state index in [1.807, 2.05) is 6.92 Å². The van der Waals surface area contributed by atoms with Crippen molar-refractivity contribution in [1.82, 2.24) is 0 Å². The van der Waals surface area contributed by atoms with Crippen LogP contribution in [0.2, 0.25) is 76.6 Å². The van der Waals surface area contributed by atoms with Gasteiger partial charge in [0.05, 0.1) is 5.60 Å². The Bertz CT molecular complexity index is 449. The molecule has 0 aromatic carbocycles. The van der Waals surface area contributed by atoms with Crippen molar-refractivity contribution in [1.29, 1.82) is 0 Å². The van der Waals surface area contributed by atoms with Gasteiger partial charge in [0.25, 0.3) is 0 Å². The molecule has 31 heavy (non-hydrogen) atoms. The van der Waals surface area contributed by atoms with E-state index in [0.717, 1.165) is 37.8 Å². The lowest BCUT2D eigenvalue weighted by Crippen LogP contribution is -2.44. The minimum atomic E-state index is -1.65. The highest BCUT2D eigenvalue weighted by molar-refractivity contribution is 6.85. The highest BCUT2D eigenvalue weighted by atomic mass is 28.4. The number of hydrogen-bond acceptors (Lipinski definition) is 3. The second kappa shape index (κ2) is 13.6. The molecule has 0 aliphatic rings. The van der Waals surface area contributed by atoms with Crippen molar-refractivity contribution in [2.75, 3.05) is 0 Å². The van der Waals surface area contributed by atoms with Gasteiger partial charge in [-0.1, -0.05) is 52.4 Å². The zero-order valence-electron chi connectivity index (χ0n) is 23.2. The van der Waals surface area contributed by atoms with Gasteiger partial charge < -0.3 is 13.3 Å². The van der Waals surface area contributed by atoms with Gasteiger partial charge in [0, 0.05) is 0 Å². The van der Waals surface area contributed by atoms with E-state index >= 15 is 0 Å². The van der Waals surface area contributed by atoms with Crippen LogP contribution in [0, 0.1) is 0 Å². The topological polar surface area (TPSA) is 38.7 Å². The lowest BCUT2D eigenvalue weighted by molar-refractivity contribution is 0.0401. The normalized spacial score (nSPS) is 14.3. The van der Waals surface area contributed by atoms with E-state index in [1.165, 1.54) is 37.8 Å². The molecule has 0 heterocycles. The Morgan fingerprint density at radius 1 is 0.548 bits per heavy atom. The van der Waals surface area contributed by atoms with Crippen molar-refractivity contribution in [2.45, 2.75) is 154 Å². The van der Waals surface area contributed by atoms with Crippen molar-refractivity contribution in [3.05, 3.63) is 0 Å². The molecule has 0 aromatic rings. The molecule has 0 rings (SSSR count). The molecule has 0 saturated heterocycles. The van der Waals surface area contributed by atoms with Crippen molar-refractivity contribution < 1.29 is 13.3 Å². The summed E-state index contributed by atoms with van der Waals surface area (Å²) < 4.78 is 13.5. The maximum Gasteiger partial charge on any atom is 0.173 e. The third-order valence-corrected chi connectivity index (χ3v) is 21.4. The standard InChI is InChI=1S/C24H58O3Si4/c1-12-14-20-28(4,5)26-30(8,9)22-16-18-24(3,25)19-17-23-31(10,11)27-29(6,7)21-15-13-2/h25H,12-23H2,1-11H3. The van der Waals surface area contributed by atoms with Crippen LogP contribution in [0.3, 0.4) is 0 Å². The molecule has 0 saturated carbocycles. The van der Waals surface area contributed by atoms with Crippen LogP contribution >= 0.6 is 0 Å². The highest BCUT2D eigenvalue weighted by Gasteiger charge is 2.34. The molecule has 0 unspecified atom stereocenters. The predicted octanol–water partition coefficient (Wildman–Crippen LogP) is 8.75. The molecule has 0 fully saturated rings. The van der Waals surface area contributed by atoms with Crippen LogP contribution in [0.1, 0.15) is 72.1 Å². The summed E-state index contributed by atoms with van der Waals surface area (Å²) in [5, 5.41) is 11.0. The van der Waals surface area contributed by atoms with Gasteiger partial charge in [-0.05, 0) is 96.3 Å². The predicted molar refractivity (Wildman–Crippen MR) is 150 cm³/mol. The van der Waals surface area contributed by atoms with Gasteiger partial charge in [0.1, 0.15) is 0 Å². The van der Waals surface area contributed by atoms with Gasteiger partial charge >= 0.3 is 0 Å². The Morgan fingerprint density at radius 2 is 0.806 bits per heavy atom. The minimum Gasteiger partial charge on any atom is -0.455 e. The Balaban J connectivity index is 4.41. The largest absolute Gasteiger partial charge is 0.455 e. The smallest absolute Gasteiger partial charge is 0.173 e. The lowest BCUT2D eigenvalue weighted by Gasteiger charge is -2.35. The van der Waals surface area contributed by atoms with Crippen LogP contribution in [0.25, 0.3) is 0 Å². The summed E-state index contributed by atoms with van der Waals surface area (Å²) in [5.74, 6) is 0. The molecule has 0 aromatic heterocycles. The van der Waals surface area contributed by atoms with Crippen LogP contribution in [0.4, 0.5) is 0 Å². The molecule has 3 nitrogen and oxygen atoms in total. The summed E-state index contributed by atoms with van der Waals surface area (Å²) in [6.45, 7) is 25.6. The first-order valence-electron chi connectivity index (χ1n) is 13.1. The van der Waals surface area contributed by atoms with E-state index < -0.39 is 38.9 Å². The van der Waals surface area contributed by atoms with E-state index in [9.17, 15) is 5.11 Å². The van der Waals surface area contributed by atoms with E-state index in [2.05, 4.69) is 66.2 Å². The number of aliphatic hydroxyl groups is 1. The molecule has 0 atom stereocenters. The number of rotatable bonds is 18. The van der Waals surface area contributed by atoms with Crippen molar-refractivity contribution >= 4 is 33.3 Å². The van der Waals surface area contributed by atoms with Gasteiger partial charge in [-0.3, -0.25) is 0 Å². The molecule has 0 aliphatic carbocycles. The third kappa shape index (κ3) is 16.9.